The van der Waals surface area contributed by atoms with Crippen LogP contribution < -0.4 is 16.0 Å². The van der Waals surface area contributed by atoms with Crippen LogP contribution in [0.15, 0.2) is 48.7 Å². The third-order valence-electron chi connectivity index (χ3n) is 5.00. The number of hydrogen-bond donors (Lipinski definition) is 2. The van der Waals surface area contributed by atoms with E-state index in [0.29, 0.717) is 31.6 Å². The quantitative estimate of drug-likeness (QED) is 0.754. The average molecular weight is 440 g/mol. The number of carbonyl (C=O) groups excluding carboxylic acids is 3. The van der Waals surface area contributed by atoms with E-state index in [4.69, 9.17) is 10.5 Å². The van der Waals surface area contributed by atoms with Gasteiger partial charge in [0.15, 0.2) is 0 Å². The number of carbonyl (C=O) groups is 3. The minimum Gasteiger partial charge on any atom is -0.444 e. The second-order valence-electron chi connectivity index (χ2n) is 8.63. The third kappa shape index (κ3) is 5.96. The van der Waals surface area contributed by atoms with Gasteiger partial charge in [0.1, 0.15) is 11.3 Å². The molecule has 1 aromatic carbocycles. The molecule has 0 unspecified atom stereocenters. The van der Waals surface area contributed by atoms with E-state index in [1.807, 2.05) is 51.1 Å². The van der Waals surface area contributed by atoms with Crippen molar-refractivity contribution in [3.63, 3.8) is 0 Å². The van der Waals surface area contributed by atoms with Gasteiger partial charge in [-0.2, -0.15) is 0 Å². The van der Waals surface area contributed by atoms with Crippen LogP contribution in [0.25, 0.3) is 0 Å². The number of nitrogens with one attached hydrogen (secondary N) is 1. The Bertz CT molecular complexity index is 949. The van der Waals surface area contributed by atoms with Crippen molar-refractivity contribution in [3.8, 4) is 0 Å². The summed E-state index contributed by atoms with van der Waals surface area (Å²) in [5.74, 6) is -0.634. The van der Waals surface area contributed by atoms with Gasteiger partial charge in [0.05, 0.1) is 11.9 Å². The number of anilines is 2. The summed E-state index contributed by atoms with van der Waals surface area (Å²) in [4.78, 5) is 44.2. The predicted octanol–water partition coefficient (Wildman–Crippen LogP) is 3.62. The molecule has 1 aliphatic rings. The number of amides is 4. The molecule has 0 bridgehead atoms. The molecule has 9 heteroatoms. The highest BCUT2D eigenvalue weighted by Crippen LogP contribution is 2.25. The van der Waals surface area contributed by atoms with E-state index in [0.717, 1.165) is 5.69 Å². The van der Waals surface area contributed by atoms with Crippen LogP contribution in [0.4, 0.5) is 21.0 Å². The Morgan fingerprint density at radius 1 is 1.09 bits per heavy atom. The third-order valence-corrected chi connectivity index (χ3v) is 5.00. The molecule has 0 saturated carbocycles. The van der Waals surface area contributed by atoms with Gasteiger partial charge in [-0.25, -0.2) is 14.6 Å². The maximum absolute atomic E-state index is 13.2. The second-order valence-corrected chi connectivity index (χ2v) is 8.63. The fourth-order valence-corrected chi connectivity index (χ4v) is 3.51. The average Bonchev–Trinajstić information content (AvgIpc) is 2.74. The predicted molar refractivity (Wildman–Crippen MR) is 122 cm³/mol. The van der Waals surface area contributed by atoms with Crippen LogP contribution >= 0.6 is 0 Å². The lowest BCUT2D eigenvalue weighted by Crippen LogP contribution is -2.51. The molecule has 0 spiro atoms. The van der Waals surface area contributed by atoms with Gasteiger partial charge in [-0.1, -0.05) is 18.2 Å². The van der Waals surface area contributed by atoms with Crippen molar-refractivity contribution in [1.82, 2.24) is 9.88 Å². The lowest BCUT2D eigenvalue weighted by molar-refractivity contribution is 0.0206. The molecule has 1 aromatic heterocycles. The number of hydrogen-bond acceptors (Lipinski definition) is 5. The van der Waals surface area contributed by atoms with Crippen LogP contribution in [0.5, 0.6) is 0 Å². The summed E-state index contributed by atoms with van der Waals surface area (Å²) in [6.07, 6.45) is 2.28. The maximum atomic E-state index is 13.2. The molecule has 0 radical (unpaired) electrons. The summed E-state index contributed by atoms with van der Waals surface area (Å²) in [6.45, 7) is 6.49. The number of likely N-dealkylation sites (tertiary alicyclic amines) is 1. The van der Waals surface area contributed by atoms with Gasteiger partial charge in [-0.15, -0.1) is 0 Å². The summed E-state index contributed by atoms with van der Waals surface area (Å²) < 4.78 is 5.46. The molecule has 0 aliphatic carbocycles. The normalized spacial score (nSPS) is 14.5. The van der Waals surface area contributed by atoms with Crippen molar-refractivity contribution in [1.29, 1.82) is 0 Å². The summed E-state index contributed by atoms with van der Waals surface area (Å²) in [5, 5.41) is 2.84. The molecule has 32 heavy (non-hydrogen) atoms. The van der Waals surface area contributed by atoms with Crippen LogP contribution in [-0.2, 0) is 4.74 Å². The Kier molecular flexibility index (Phi) is 6.97. The Labute approximate surface area is 187 Å². The number of para-hydroxylation sites is 1. The standard InChI is InChI=1S/C23H29N5O4/c1-23(2,3)32-22(31)27-13-11-18(12-14-27)28(17-7-5-4-6-8-17)21(30)26-16-9-10-19(20(24)29)25-15-16/h4-10,15,18H,11-14H2,1-3H3,(H2,24,29)(H,26,30). The van der Waals surface area contributed by atoms with Gasteiger partial charge in [0.2, 0.25) is 0 Å². The molecule has 9 nitrogen and oxygen atoms in total. The summed E-state index contributed by atoms with van der Waals surface area (Å²) in [7, 11) is 0. The molecule has 3 rings (SSSR count). The Morgan fingerprint density at radius 2 is 1.75 bits per heavy atom. The molecule has 1 saturated heterocycles. The van der Waals surface area contributed by atoms with E-state index in [2.05, 4.69) is 10.3 Å². The number of piperidine rings is 1. The van der Waals surface area contributed by atoms with E-state index < -0.39 is 11.5 Å². The number of ether oxygens (including phenoxy) is 1. The Hall–Kier alpha value is -3.62. The SMILES string of the molecule is CC(C)(C)OC(=O)N1CCC(N(C(=O)Nc2ccc(C(N)=O)nc2)c2ccccc2)CC1. The summed E-state index contributed by atoms with van der Waals surface area (Å²) in [6, 6.07) is 12.0. The summed E-state index contributed by atoms with van der Waals surface area (Å²) in [5.41, 5.74) is 5.99. The fourth-order valence-electron chi connectivity index (χ4n) is 3.51. The summed E-state index contributed by atoms with van der Waals surface area (Å²) >= 11 is 0. The van der Waals surface area contributed by atoms with Gasteiger partial charge >= 0.3 is 12.1 Å². The lowest BCUT2D eigenvalue weighted by atomic mass is 10.0. The van der Waals surface area contributed by atoms with Gasteiger partial charge in [0.25, 0.3) is 5.91 Å². The molecular weight excluding hydrogens is 410 g/mol. The topological polar surface area (TPSA) is 118 Å². The molecular formula is C23H29N5O4. The first-order valence-corrected chi connectivity index (χ1v) is 10.5. The van der Waals surface area contributed by atoms with Crippen LogP contribution in [-0.4, -0.2) is 52.6 Å². The first-order valence-electron chi connectivity index (χ1n) is 10.5. The number of urea groups is 1. The van der Waals surface area contributed by atoms with Crippen molar-refractivity contribution >= 4 is 29.4 Å². The van der Waals surface area contributed by atoms with E-state index in [9.17, 15) is 14.4 Å². The molecule has 1 aliphatic heterocycles. The molecule has 2 heterocycles. The number of nitrogens with two attached hydrogens (primary N) is 1. The zero-order valence-corrected chi connectivity index (χ0v) is 18.6. The first kappa shape index (κ1) is 23.1. The van der Waals surface area contributed by atoms with Gasteiger partial charge in [-0.05, 0) is 57.9 Å². The molecule has 2 aromatic rings. The van der Waals surface area contributed by atoms with Crippen LogP contribution in [0.3, 0.4) is 0 Å². The second kappa shape index (κ2) is 9.67. The largest absolute Gasteiger partial charge is 0.444 e. The minimum absolute atomic E-state index is 0.103. The van der Waals surface area contributed by atoms with E-state index in [1.165, 1.54) is 12.3 Å². The Balaban J connectivity index is 1.72. The zero-order chi connectivity index (χ0) is 23.3. The first-order chi connectivity index (χ1) is 15.1. The number of primary amides is 1. The highest BCUT2D eigenvalue weighted by atomic mass is 16.6. The molecule has 3 N–H and O–H groups in total. The van der Waals surface area contributed by atoms with Crippen LogP contribution in [0.2, 0.25) is 0 Å². The zero-order valence-electron chi connectivity index (χ0n) is 18.6. The van der Waals surface area contributed by atoms with Crippen molar-refractivity contribution < 1.29 is 19.1 Å². The van der Waals surface area contributed by atoms with Crippen molar-refractivity contribution in [2.24, 2.45) is 5.73 Å². The van der Waals surface area contributed by atoms with E-state index in [1.54, 1.807) is 15.9 Å². The van der Waals surface area contributed by atoms with Crippen molar-refractivity contribution in [3.05, 3.63) is 54.4 Å². The van der Waals surface area contributed by atoms with Gasteiger partial charge in [-0.3, -0.25) is 9.69 Å². The molecule has 170 valence electrons. The fraction of sp³-hybridized carbons (Fsp3) is 0.391. The molecule has 0 atom stereocenters. The van der Waals surface area contributed by atoms with Crippen LogP contribution in [0.1, 0.15) is 44.1 Å². The highest BCUT2D eigenvalue weighted by Gasteiger charge is 2.32. The van der Waals surface area contributed by atoms with E-state index in [-0.39, 0.29) is 23.9 Å². The van der Waals surface area contributed by atoms with Gasteiger partial charge < -0.3 is 20.7 Å². The van der Waals surface area contributed by atoms with Crippen LogP contribution in [0, 0.1) is 0 Å². The molecule has 4 amide bonds. The Morgan fingerprint density at radius 3 is 2.28 bits per heavy atom. The number of rotatable bonds is 4. The smallest absolute Gasteiger partial charge is 0.410 e. The van der Waals surface area contributed by atoms with Gasteiger partial charge in [0, 0.05) is 24.8 Å². The number of pyridine rings is 1. The number of nitrogens with zero attached hydrogens (tertiary/aromatic N) is 3. The van der Waals surface area contributed by atoms with Crippen molar-refractivity contribution in [2.45, 2.75) is 45.3 Å². The number of aromatic nitrogens is 1. The lowest BCUT2D eigenvalue weighted by Gasteiger charge is -2.38. The van der Waals surface area contributed by atoms with Crippen molar-refractivity contribution in [2.75, 3.05) is 23.3 Å². The minimum atomic E-state index is -0.634. The molecule has 1 fully saturated rings. The maximum Gasteiger partial charge on any atom is 0.410 e. The highest BCUT2D eigenvalue weighted by molar-refractivity contribution is 6.02. The van der Waals surface area contributed by atoms with E-state index >= 15 is 0 Å². The monoisotopic (exact) mass is 439 g/mol. The number of benzene rings is 1.